The van der Waals surface area contributed by atoms with Crippen molar-refractivity contribution in [2.45, 2.75) is 163 Å². The summed E-state index contributed by atoms with van der Waals surface area (Å²) in [5.41, 5.74) is 1.17. The summed E-state index contributed by atoms with van der Waals surface area (Å²) in [5.74, 6) is 2.55. The average Bonchev–Trinajstić information content (AvgIpc) is 2.89. The lowest BCUT2D eigenvalue weighted by Crippen LogP contribution is -2.06. The van der Waals surface area contributed by atoms with Crippen molar-refractivity contribution in [3.8, 4) is 17.2 Å². The summed E-state index contributed by atoms with van der Waals surface area (Å²) in [5, 5.41) is 0. The molecule has 0 saturated heterocycles. The molecule has 0 amide bonds. The van der Waals surface area contributed by atoms with Gasteiger partial charge < -0.3 is 14.2 Å². The molecule has 0 atom stereocenters. The van der Waals surface area contributed by atoms with Gasteiger partial charge in [-0.2, -0.15) is 0 Å². The quantitative estimate of drug-likeness (QED) is 0.108. The molecule has 0 aliphatic rings. The largest absolute Gasteiger partial charge is 0.490 e. The van der Waals surface area contributed by atoms with Crippen LogP contribution < -0.4 is 14.2 Å². The molecule has 0 aliphatic carbocycles. The van der Waals surface area contributed by atoms with E-state index in [1.54, 1.807) is 0 Å². The molecule has 0 radical (unpaired) electrons. The molecular weight excluding hydrogens is 456 g/mol. The van der Waals surface area contributed by atoms with Gasteiger partial charge in [0.25, 0.3) is 0 Å². The van der Waals surface area contributed by atoms with E-state index in [-0.39, 0.29) is 0 Å². The SMILES string of the molecule is CCCCCCCCCOc1cc(C)cc(OCCCCCCCCC)c1OCCCCCCCCC. The van der Waals surface area contributed by atoms with Crippen molar-refractivity contribution in [1.29, 1.82) is 0 Å². The van der Waals surface area contributed by atoms with Crippen LogP contribution in [-0.4, -0.2) is 19.8 Å². The molecule has 0 heterocycles. The van der Waals surface area contributed by atoms with Gasteiger partial charge in [-0.15, -0.1) is 0 Å². The predicted molar refractivity (Wildman–Crippen MR) is 162 cm³/mol. The standard InChI is InChI=1S/C34H62O3/c1-5-8-11-14-17-20-23-26-35-32-29-31(4)30-33(36-27-24-21-18-15-12-9-6-2)34(32)37-28-25-22-19-16-13-10-7-3/h29-30H,5-28H2,1-4H3. The molecule has 3 nitrogen and oxygen atoms in total. The maximum atomic E-state index is 6.35. The predicted octanol–water partition coefficient (Wildman–Crippen LogP) is 11.4. The summed E-state index contributed by atoms with van der Waals surface area (Å²) in [6.07, 6.45) is 27.1. The van der Waals surface area contributed by atoms with E-state index in [0.29, 0.717) is 0 Å². The minimum absolute atomic E-state index is 0.735. The maximum absolute atomic E-state index is 6.35. The summed E-state index contributed by atoms with van der Waals surface area (Å²) in [7, 11) is 0. The second kappa shape index (κ2) is 24.9. The van der Waals surface area contributed by atoms with Gasteiger partial charge in [-0.1, -0.05) is 136 Å². The molecule has 1 aromatic carbocycles. The highest BCUT2D eigenvalue weighted by Crippen LogP contribution is 2.39. The summed E-state index contributed by atoms with van der Waals surface area (Å²) in [4.78, 5) is 0. The Kier molecular flexibility index (Phi) is 22.7. The van der Waals surface area contributed by atoms with E-state index in [0.717, 1.165) is 56.3 Å². The van der Waals surface area contributed by atoms with Crippen molar-refractivity contribution in [2.75, 3.05) is 19.8 Å². The molecule has 0 N–H and O–H groups in total. The van der Waals surface area contributed by atoms with Crippen LogP contribution in [0, 0.1) is 6.92 Å². The second-order valence-electron chi connectivity index (χ2n) is 11.0. The maximum Gasteiger partial charge on any atom is 0.203 e. The van der Waals surface area contributed by atoms with Crippen molar-refractivity contribution in [3.63, 3.8) is 0 Å². The van der Waals surface area contributed by atoms with Crippen LogP contribution in [0.25, 0.3) is 0 Å². The monoisotopic (exact) mass is 518 g/mol. The van der Waals surface area contributed by atoms with Gasteiger partial charge in [0, 0.05) is 0 Å². The molecule has 0 saturated carbocycles. The fourth-order valence-electron chi connectivity index (χ4n) is 4.78. The normalized spacial score (nSPS) is 11.1. The molecule has 0 aliphatic heterocycles. The number of hydrogen-bond acceptors (Lipinski definition) is 3. The number of unbranched alkanes of at least 4 members (excludes halogenated alkanes) is 18. The Morgan fingerprint density at radius 2 is 0.703 bits per heavy atom. The molecule has 37 heavy (non-hydrogen) atoms. The van der Waals surface area contributed by atoms with Gasteiger partial charge in [-0.05, 0) is 43.9 Å². The van der Waals surface area contributed by atoms with E-state index in [9.17, 15) is 0 Å². The summed E-state index contributed by atoms with van der Waals surface area (Å²) < 4.78 is 18.9. The van der Waals surface area contributed by atoms with E-state index in [4.69, 9.17) is 14.2 Å². The second-order valence-corrected chi connectivity index (χ2v) is 11.0. The molecule has 0 bridgehead atoms. The van der Waals surface area contributed by atoms with Crippen LogP contribution in [0.5, 0.6) is 17.2 Å². The number of hydrogen-bond donors (Lipinski definition) is 0. The van der Waals surface area contributed by atoms with Crippen LogP contribution in [0.15, 0.2) is 12.1 Å². The molecule has 0 unspecified atom stereocenters. The van der Waals surface area contributed by atoms with Crippen LogP contribution in [0.2, 0.25) is 0 Å². The summed E-state index contributed by atoms with van der Waals surface area (Å²) >= 11 is 0. The van der Waals surface area contributed by atoms with Crippen LogP contribution in [-0.2, 0) is 0 Å². The smallest absolute Gasteiger partial charge is 0.203 e. The zero-order chi connectivity index (χ0) is 26.8. The highest BCUT2D eigenvalue weighted by molar-refractivity contribution is 5.53. The first-order valence-electron chi connectivity index (χ1n) is 16.3. The average molecular weight is 519 g/mol. The molecular formula is C34H62O3. The molecule has 0 aromatic heterocycles. The van der Waals surface area contributed by atoms with Crippen LogP contribution in [0.3, 0.4) is 0 Å². The van der Waals surface area contributed by atoms with E-state index in [1.165, 1.54) is 121 Å². The third-order valence-corrected chi connectivity index (χ3v) is 7.17. The van der Waals surface area contributed by atoms with Crippen molar-refractivity contribution < 1.29 is 14.2 Å². The van der Waals surface area contributed by atoms with E-state index in [1.807, 2.05) is 0 Å². The molecule has 1 rings (SSSR count). The Hall–Kier alpha value is -1.38. The first kappa shape index (κ1) is 33.6. The van der Waals surface area contributed by atoms with Crippen molar-refractivity contribution in [2.24, 2.45) is 0 Å². The van der Waals surface area contributed by atoms with E-state index < -0.39 is 0 Å². The van der Waals surface area contributed by atoms with Gasteiger partial charge in [-0.25, -0.2) is 0 Å². The Morgan fingerprint density at radius 1 is 0.405 bits per heavy atom. The zero-order valence-electron chi connectivity index (χ0n) is 25.4. The third kappa shape index (κ3) is 18.5. The lowest BCUT2D eigenvalue weighted by molar-refractivity contribution is 0.234. The summed E-state index contributed by atoms with van der Waals surface area (Å²) in [6.45, 7) is 11.2. The lowest BCUT2D eigenvalue weighted by atomic mass is 10.1. The van der Waals surface area contributed by atoms with Gasteiger partial charge in [0.1, 0.15) is 0 Å². The fraction of sp³-hybridized carbons (Fsp3) is 0.824. The molecule has 216 valence electrons. The Morgan fingerprint density at radius 3 is 1.05 bits per heavy atom. The Labute approximate surface area is 231 Å². The highest BCUT2D eigenvalue weighted by Gasteiger charge is 2.15. The minimum atomic E-state index is 0.735. The van der Waals surface area contributed by atoms with Gasteiger partial charge in [0.2, 0.25) is 5.75 Å². The van der Waals surface area contributed by atoms with Crippen LogP contribution in [0.4, 0.5) is 0 Å². The minimum Gasteiger partial charge on any atom is -0.490 e. The molecule has 1 aromatic rings. The number of benzene rings is 1. The Bertz CT molecular complexity index is 586. The first-order chi connectivity index (χ1) is 18.2. The number of rotatable bonds is 27. The van der Waals surface area contributed by atoms with Gasteiger partial charge in [0.05, 0.1) is 19.8 Å². The van der Waals surface area contributed by atoms with Gasteiger partial charge >= 0.3 is 0 Å². The van der Waals surface area contributed by atoms with Gasteiger partial charge in [0.15, 0.2) is 11.5 Å². The summed E-state index contributed by atoms with van der Waals surface area (Å²) in [6, 6.07) is 4.25. The van der Waals surface area contributed by atoms with Gasteiger partial charge in [-0.3, -0.25) is 0 Å². The topological polar surface area (TPSA) is 27.7 Å². The molecule has 0 spiro atoms. The van der Waals surface area contributed by atoms with Crippen molar-refractivity contribution in [1.82, 2.24) is 0 Å². The van der Waals surface area contributed by atoms with Crippen LogP contribution >= 0.6 is 0 Å². The van der Waals surface area contributed by atoms with Crippen LogP contribution in [0.1, 0.15) is 161 Å². The first-order valence-corrected chi connectivity index (χ1v) is 16.3. The highest BCUT2D eigenvalue weighted by atomic mass is 16.5. The Balaban J connectivity index is 2.57. The van der Waals surface area contributed by atoms with E-state index >= 15 is 0 Å². The fourth-order valence-corrected chi connectivity index (χ4v) is 4.78. The number of ether oxygens (including phenoxy) is 3. The van der Waals surface area contributed by atoms with E-state index in [2.05, 4.69) is 39.8 Å². The van der Waals surface area contributed by atoms with Crippen molar-refractivity contribution >= 4 is 0 Å². The number of aryl methyl sites for hydroxylation is 1. The zero-order valence-corrected chi connectivity index (χ0v) is 25.4. The van der Waals surface area contributed by atoms with Crippen molar-refractivity contribution in [3.05, 3.63) is 17.7 Å². The molecule has 0 fully saturated rings. The lowest BCUT2D eigenvalue weighted by Gasteiger charge is -2.18. The third-order valence-electron chi connectivity index (χ3n) is 7.17. The molecule has 3 heteroatoms.